The van der Waals surface area contributed by atoms with Crippen molar-refractivity contribution in [2.45, 2.75) is 25.6 Å². The van der Waals surface area contributed by atoms with Gasteiger partial charge in [0.1, 0.15) is 5.75 Å². The minimum Gasteiger partial charge on any atom is -0.404 e. The van der Waals surface area contributed by atoms with Crippen molar-refractivity contribution in [3.63, 3.8) is 0 Å². The molecule has 1 aromatic carbocycles. The van der Waals surface area contributed by atoms with Crippen LogP contribution in [-0.2, 0) is 4.79 Å². The third kappa shape index (κ3) is 2.78. The van der Waals surface area contributed by atoms with E-state index < -0.39 is 23.4 Å². The van der Waals surface area contributed by atoms with Gasteiger partial charge in [-0.1, -0.05) is 24.6 Å². The van der Waals surface area contributed by atoms with Crippen LogP contribution in [0.3, 0.4) is 0 Å². The number of primary amides is 1. The summed E-state index contributed by atoms with van der Waals surface area (Å²) in [6, 6.07) is 3.98. The van der Waals surface area contributed by atoms with E-state index >= 15 is 0 Å². The summed E-state index contributed by atoms with van der Waals surface area (Å²) in [5, 5.41) is -0.145. The number of nitrogens with two attached hydrogens (primary N) is 1. The molecular weight excluding hydrogens is 283 g/mol. The van der Waals surface area contributed by atoms with Gasteiger partial charge in [-0.2, -0.15) is 0 Å². The van der Waals surface area contributed by atoms with Crippen molar-refractivity contribution in [3.8, 4) is 5.75 Å². The smallest absolute Gasteiger partial charge is 0.404 e. The first-order valence-corrected chi connectivity index (χ1v) is 5.86. The zero-order valence-electron chi connectivity index (χ0n) is 9.92. The molecule has 2 atom stereocenters. The first-order valence-electron chi connectivity index (χ1n) is 5.48. The van der Waals surface area contributed by atoms with Gasteiger partial charge in [0.25, 0.3) is 0 Å². The van der Waals surface area contributed by atoms with Crippen molar-refractivity contribution in [2.75, 3.05) is 0 Å². The van der Waals surface area contributed by atoms with E-state index in [2.05, 4.69) is 4.74 Å². The molecule has 1 aliphatic carbocycles. The molecule has 1 aliphatic rings. The van der Waals surface area contributed by atoms with Gasteiger partial charge in [0.05, 0.1) is 10.4 Å². The highest BCUT2D eigenvalue weighted by atomic mass is 35.5. The Kier molecular flexibility index (Phi) is 3.16. The van der Waals surface area contributed by atoms with Crippen LogP contribution >= 0.6 is 11.6 Å². The molecule has 1 amide bonds. The molecule has 0 aliphatic heterocycles. The molecule has 104 valence electrons. The normalized spacial score (nSPS) is 26.1. The summed E-state index contributed by atoms with van der Waals surface area (Å²) in [5.74, 6) is -0.994. The Hall–Kier alpha value is -1.43. The standard InChI is InChI=1S/C12H11ClF3NO2/c1-11(10(17)18)5-7(11)6-2-3-9(8(13)4-6)19-12(14,15)16/h2-4,7H,5H2,1H3,(H2,17,18). The second kappa shape index (κ2) is 4.30. The number of carbonyl (C=O) groups is 1. The quantitative estimate of drug-likeness (QED) is 0.930. The van der Waals surface area contributed by atoms with E-state index in [1.807, 2.05) is 0 Å². The minimum atomic E-state index is -4.79. The maximum Gasteiger partial charge on any atom is 0.573 e. The topological polar surface area (TPSA) is 52.3 Å². The van der Waals surface area contributed by atoms with E-state index in [4.69, 9.17) is 17.3 Å². The van der Waals surface area contributed by atoms with E-state index in [1.54, 1.807) is 6.92 Å². The lowest BCUT2D eigenvalue weighted by molar-refractivity contribution is -0.274. The molecule has 7 heteroatoms. The van der Waals surface area contributed by atoms with Gasteiger partial charge in [-0.15, -0.1) is 13.2 Å². The summed E-state index contributed by atoms with van der Waals surface area (Å²) in [7, 11) is 0. The lowest BCUT2D eigenvalue weighted by Crippen LogP contribution is -2.23. The third-order valence-electron chi connectivity index (χ3n) is 3.38. The van der Waals surface area contributed by atoms with E-state index in [9.17, 15) is 18.0 Å². The average molecular weight is 294 g/mol. The van der Waals surface area contributed by atoms with Crippen LogP contribution in [-0.4, -0.2) is 12.3 Å². The van der Waals surface area contributed by atoms with Crippen LogP contribution in [0.25, 0.3) is 0 Å². The molecule has 1 aromatic rings. The van der Waals surface area contributed by atoms with Crippen LogP contribution in [0.5, 0.6) is 5.75 Å². The monoisotopic (exact) mass is 293 g/mol. The van der Waals surface area contributed by atoms with Crippen LogP contribution in [0, 0.1) is 5.41 Å². The Morgan fingerprint density at radius 2 is 2.16 bits per heavy atom. The lowest BCUT2D eigenvalue weighted by Gasteiger charge is -2.12. The highest BCUT2D eigenvalue weighted by Crippen LogP contribution is 2.59. The molecule has 3 nitrogen and oxygen atoms in total. The Morgan fingerprint density at radius 3 is 2.58 bits per heavy atom. The Bertz CT molecular complexity index is 532. The van der Waals surface area contributed by atoms with E-state index in [1.165, 1.54) is 12.1 Å². The number of amides is 1. The van der Waals surface area contributed by atoms with Crippen molar-refractivity contribution >= 4 is 17.5 Å². The molecule has 2 rings (SSSR count). The number of rotatable bonds is 3. The summed E-state index contributed by atoms with van der Waals surface area (Å²) in [4.78, 5) is 11.2. The third-order valence-corrected chi connectivity index (χ3v) is 3.68. The van der Waals surface area contributed by atoms with Gasteiger partial charge in [-0.3, -0.25) is 4.79 Å². The molecule has 0 heterocycles. The summed E-state index contributed by atoms with van der Waals surface area (Å²) in [6.45, 7) is 1.72. The second-order valence-corrected chi connectivity index (χ2v) is 5.18. The number of hydrogen-bond donors (Lipinski definition) is 1. The Balaban J connectivity index is 2.20. The summed E-state index contributed by atoms with van der Waals surface area (Å²) in [6.07, 6.45) is -4.22. The summed E-state index contributed by atoms with van der Waals surface area (Å²) in [5.41, 5.74) is 5.30. The molecule has 0 saturated heterocycles. The molecule has 2 unspecified atom stereocenters. The second-order valence-electron chi connectivity index (χ2n) is 4.78. The maximum absolute atomic E-state index is 12.1. The summed E-state index contributed by atoms with van der Waals surface area (Å²) >= 11 is 5.74. The lowest BCUT2D eigenvalue weighted by atomic mass is 10.0. The van der Waals surface area contributed by atoms with Crippen LogP contribution in [0.2, 0.25) is 5.02 Å². The molecule has 0 spiro atoms. The van der Waals surface area contributed by atoms with Crippen molar-refractivity contribution in [2.24, 2.45) is 11.1 Å². The van der Waals surface area contributed by atoms with Crippen molar-refractivity contribution in [1.82, 2.24) is 0 Å². The Labute approximate surface area is 112 Å². The van der Waals surface area contributed by atoms with Gasteiger partial charge in [-0.05, 0) is 30.0 Å². The molecule has 2 N–H and O–H groups in total. The van der Waals surface area contributed by atoms with Crippen molar-refractivity contribution in [1.29, 1.82) is 0 Å². The van der Waals surface area contributed by atoms with Crippen LogP contribution < -0.4 is 10.5 Å². The fourth-order valence-electron chi connectivity index (χ4n) is 2.06. The number of benzene rings is 1. The van der Waals surface area contributed by atoms with Gasteiger partial charge in [0, 0.05) is 0 Å². The van der Waals surface area contributed by atoms with Gasteiger partial charge in [-0.25, -0.2) is 0 Å². The predicted molar refractivity (Wildman–Crippen MR) is 62.8 cm³/mol. The maximum atomic E-state index is 12.1. The fourth-order valence-corrected chi connectivity index (χ4v) is 2.29. The number of carbonyl (C=O) groups excluding carboxylic acids is 1. The van der Waals surface area contributed by atoms with E-state index in [0.29, 0.717) is 12.0 Å². The van der Waals surface area contributed by atoms with Gasteiger partial charge in [0.15, 0.2) is 0 Å². The zero-order valence-corrected chi connectivity index (χ0v) is 10.7. The number of alkyl halides is 3. The fraction of sp³-hybridized carbons (Fsp3) is 0.417. The number of ether oxygens (including phenoxy) is 1. The van der Waals surface area contributed by atoms with Crippen LogP contribution in [0.4, 0.5) is 13.2 Å². The molecule has 19 heavy (non-hydrogen) atoms. The zero-order chi connectivity index (χ0) is 14.4. The minimum absolute atomic E-state index is 0.109. The SMILES string of the molecule is CC1(C(N)=O)CC1c1ccc(OC(F)(F)F)c(Cl)c1. The molecule has 1 saturated carbocycles. The summed E-state index contributed by atoms with van der Waals surface area (Å²) < 4.78 is 40.0. The first-order chi connectivity index (χ1) is 8.63. The number of halogens is 4. The predicted octanol–water partition coefficient (Wildman–Crippen LogP) is 3.22. The molecule has 0 radical (unpaired) electrons. The van der Waals surface area contributed by atoms with Gasteiger partial charge < -0.3 is 10.5 Å². The highest BCUT2D eigenvalue weighted by Gasteiger charge is 2.55. The van der Waals surface area contributed by atoms with Crippen molar-refractivity contribution in [3.05, 3.63) is 28.8 Å². The molecule has 0 bridgehead atoms. The number of hydrogen-bond acceptors (Lipinski definition) is 2. The Morgan fingerprint density at radius 1 is 1.53 bits per heavy atom. The molecule has 0 aromatic heterocycles. The van der Waals surface area contributed by atoms with E-state index in [-0.39, 0.29) is 10.9 Å². The van der Waals surface area contributed by atoms with E-state index in [0.717, 1.165) is 6.07 Å². The molecular formula is C12H11ClF3NO2. The highest BCUT2D eigenvalue weighted by molar-refractivity contribution is 6.32. The van der Waals surface area contributed by atoms with Crippen LogP contribution in [0.1, 0.15) is 24.8 Å². The average Bonchev–Trinajstić information content (AvgIpc) is 2.94. The van der Waals surface area contributed by atoms with Crippen LogP contribution in [0.15, 0.2) is 18.2 Å². The van der Waals surface area contributed by atoms with Gasteiger partial charge in [0.2, 0.25) is 5.91 Å². The molecule has 1 fully saturated rings. The largest absolute Gasteiger partial charge is 0.573 e. The van der Waals surface area contributed by atoms with Crippen molar-refractivity contribution < 1.29 is 22.7 Å². The van der Waals surface area contributed by atoms with Gasteiger partial charge >= 0.3 is 6.36 Å². The first kappa shape index (κ1) is 14.0.